The number of hydrogen-bond acceptors (Lipinski definition) is 3. The van der Waals surface area contributed by atoms with Gasteiger partial charge in [-0.3, -0.25) is 0 Å². The van der Waals surface area contributed by atoms with Gasteiger partial charge in [0.15, 0.2) is 0 Å². The Labute approximate surface area is 110 Å². The lowest BCUT2D eigenvalue weighted by molar-refractivity contribution is -0.107. The van der Waals surface area contributed by atoms with E-state index in [1.807, 2.05) is 18.2 Å². The van der Waals surface area contributed by atoms with Crippen LogP contribution in [0.1, 0.15) is 15.9 Å². The highest BCUT2D eigenvalue weighted by atomic mass is 16.5. The lowest BCUT2D eigenvalue weighted by Crippen LogP contribution is -2.05. The van der Waals surface area contributed by atoms with Gasteiger partial charge in [0, 0.05) is 12.0 Å². The molecule has 19 heavy (non-hydrogen) atoms. The topological polar surface area (TPSA) is 63.6 Å². The summed E-state index contributed by atoms with van der Waals surface area (Å²) in [5, 5.41) is 9.11. The van der Waals surface area contributed by atoms with E-state index in [-0.39, 0.29) is 12.0 Å². The summed E-state index contributed by atoms with van der Waals surface area (Å²) in [5.41, 5.74) is 0.467. The SMILES string of the molecule is O=CCc1c(Oc2ccccc2)cccc1C(=O)O. The molecule has 1 N–H and O–H groups in total. The molecule has 0 fully saturated rings. The average molecular weight is 256 g/mol. The van der Waals surface area contributed by atoms with Gasteiger partial charge in [0.1, 0.15) is 17.8 Å². The Hall–Kier alpha value is -2.62. The molecule has 2 aromatic rings. The molecule has 0 unspecified atom stereocenters. The van der Waals surface area contributed by atoms with E-state index in [4.69, 9.17) is 9.84 Å². The lowest BCUT2D eigenvalue weighted by Gasteiger charge is -2.11. The van der Waals surface area contributed by atoms with Gasteiger partial charge in [-0.05, 0) is 24.3 Å². The summed E-state index contributed by atoms with van der Waals surface area (Å²) in [6.07, 6.45) is 0.671. The smallest absolute Gasteiger partial charge is 0.336 e. The largest absolute Gasteiger partial charge is 0.478 e. The number of aromatic carboxylic acids is 1. The minimum Gasteiger partial charge on any atom is -0.478 e. The van der Waals surface area contributed by atoms with Crippen molar-refractivity contribution < 1.29 is 19.4 Å². The Morgan fingerprint density at radius 2 is 1.84 bits per heavy atom. The highest BCUT2D eigenvalue weighted by molar-refractivity contribution is 5.91. The summed E-state index contributed by atoms with van der Waals surface area (Å²) in [6.45, 7) is 0. The standard InChI is InChI=1S/C15H12O4/c16-10-9-12-13(15(17)18)7-4-8-14(12)19-11-5-2-1-3-6-11/h1-8,10H,9H2,(H,17,18). The maximum Gasteiger partial charge on any atom is 0.336 e. The van der Waals surface area contributed by atoms with E-state index in [1.54, 1.807) is 24.3 Å². The summed E-state index contributed by atoms with van der Waals surface area (Å²) in [7, 11) is 0. The molecule has 0 spiro atoms. The number of para-hydroxylation sites is 1. The average Bonchev–Trinajstić information content (AvgIpc) is 2.42. The third-order valence-corrected chi connectivity index (χ3v) is 2.62. The van der Waals surface area contributed by atoms with Gasteiger partial charge in [0.2, 0.25) is 0 Å². The Kier molecular flexibility index (Phi) is 3.93. The zero-order valence-corrected chi connectivity index (χ0v) is 10.1. The molecule has 2 aromatic carbocycles. The Balaban J connectivity index is 2.42. The molecule has 0 aliphatic heterocycles. The fourth-order valence-corrected chi connectivity index (χ4v) is 1.77. The van der Waals surface area contributed by atoms with Gasteiger partial charge in [0.25, 0.3) is 0 Å². The predicted octanol–water partition coefficient (Wildman–Crippen LogP) is 2.92. The van der Waals surface area contributed by atoms with Crippen molar-refractivity contribution in [1.29, 1.82) is 0 Å². The second-order valence-electron chi connectivity index (χ2n) is 3.87. The Morgan fingerprint density at radius 3 is 2.47 bits per heavy atom. The van der Waals surface area contributed by atoms with Gasteiger partial charge in [-0.25, -0.2) is 4.79 Å². The fourth-order valence-electron chi connectivity index (χ4n) is 1.77. The van der Waals surface area contributed by atoms with Crippen molar-refractivity contribution in [1.82, 2.24) is 0 Å². The molecular formula is C15H12O4. The zero-order chi connectivity index (χ0) is 13.7. The number of carbonyl (C=O) groups excluding carboxylic acids is 1. The first kappa shape index (κ1) is 12.8. The number of carboxylic acids is 1. The molecule has 0 atom stereocenters. The zero-order valence-electron chi connectivity index (χ0n) is 10.1. The van der Waals surface area contributed by atoms with E-state index in [0.29, 0.717) is 23.3 Å². The van der Waals surface area contributed by atoms with Crippen LogP contribution in [0.15, 0.2) is 48.5 Å². The van der Waals surface area contributed by atoms with Crippen molar-refractivity contribution in [3.05, 3.63) is 59.7 Å². The van der Waals surface area contributed by atoms with Gasteiger partial charge in [-0.1, -0.05) is 24.3 Å². The molecule has 4 heteroatoms. The molecule has 0 aliphatic carbocycles. The number of rotatable bonds is 5. The Morgan fingerprint density at radius 1 is 1.11 bits per heavy atom. The lowest BCUT2D eigenvalue weighted by atomic mass is 10.0. The molecule has 0 aliphatic rings. The molecule has 0 amide bonds. The number of benzene rings is 2. The van der Waals surface area contributed by atoms with E-state index < -0.39 is 5.97 Å². The highest BCUT2D eigenvalue weighted by Gasteiger charge is 2.14. The molecule has 0 bridgehead atoms. The highest BCUT2D eigenvalue weighted by Crippen LogP contribution is 2.27. The van der Waals surface area contributed by atoms with Gasteiger partial charge in [-0.15, -0.1) is 0 Å². The van der Waals surface area contributed by atoms with Gasteiger partial charge < -0.3 is 14.6 Å². The van der Waals surface area contributed by atoms with Crippen molar-refractivity contribution in [2.45, 2.75) is 6.42 Å². The normalized spacial score (nSPS) is 9.89. The third-order valence-electron chi connectivity index (χ3n) is 2.62. The molecule has 2 rings (SSSR count). The second kappa shape index (κ2) is 5.82. The van der Waals surface area contributed by atoms with Crippen LogP contribution in [-0.4, -0.2) is 17.4 Å². The van der Waals surface area contributed by atoms with Crippen LogP contribution in [0.3, 0.4) is 0 Å². The van der Waals surface area contributed by atoms with Crippen molar-refractivity contribution in [2.75, 3.05) is 0 Å². The molecule has 0 heterocycles. The molecule has 96 valence electrons. The molecule has 4 nitrogen and oxygen atoms in total. The van der Waals surface area contributed by atoms with E-state index in [1.165, 1.54) is 6.07 Å². The van der Waals surface area contributed by atoms with Crippen LogP contribution >= 0.6 is 0 Å². The number of aldehydes is 1. The van der Waals surface area contributed by atoms with Crippen molar-refractivity contribution >= 4 is 12.3 Å². The molecule has 0 radical (unpaired) electrons. The Bertz CT molecular complexity index is 590. The molecule has 0 aromatic heterocycles. The third kappa shape index (κ3) is 2.98. The van der Waals surface area contributed by atoms with E-state index in [9.17, 15) is 9.59 Å². The number of carbonyl (C=O) groups is 2. The quantitative estimate of drug-likeness (QED) is 0.835. The van der Waals surface area contributed by atoms with Crippen LogP contribution in [-0.2, 0) is 11.2 Å². The maximum absolute atomic E-state index is 11.1. The van der Waals surface area contributed by atoms with Crippen LogP contribution in [0, 0.1) is 0 Å². The maximum atomic E-state index is 11.1. The number of ether oxygens (including phenoxy) is 1. The van der Waals surface area contributed by atoms with Crippen molar-refractivity contribution in [3.8, 4) is 11.5 Å². The van der Waals surface area contributed by atoms with Crippen LogP contribution in [0.25, 0.3) is 0 Å². The first-order valence-electron chi connectivity index (χ1n) is 5.74. The molecule has 0 saturated heterocycles. The second-order valence-corrected chi connectivity index (χ2v) is 3.87. The van der Waals surface area contributed by atoms with Crippen LogP contribution in [0.5, 0.6) is 11.5 Å². The minimum absolute atomic E-state index is 0.00460. The first-order valence-corrected chi connectivity index (χ1v) is 5.74. The summed E-state index contributed by atoms with van der Waals surface area (Å²) in [4.78, 5) is 21.8. The van der Waals surface area contributed by atoms with Crippen molar-refractivity contribution in [3.63, 3.8) is 0 Å². The van der Waals surface area contributed by atoms with E-state index in [0.717, 1.165) is 0 Å². The summed E-state index contributed by atoms with van der Waals surface area (Å²) >= 11 is 0. The van der Waals surface area contributed by atoms with E-state index >= 15 is 0 Å². The number of hydrogen-bond donors (Lipinski definition) is 1. The summed E-state index contributed by atoms with van der Waals surface area (Å²) in [5.74, 6) is -0.0919. The monoisotopic (exact) mass is 256 g/mol. The van der Waals surface area contributed by atoms with E-state index in [2.05, 4.69) is 0 Å². The minimum atomic E-state index is -1.07. The van der Waals surface area contributed by atoms with Gasteiger partial charge in [0.05, 0.1) is 5.56 Å². The number of carboxylic acid groups (broad SMARTS) is 1. The van der Waals surface area contributed by atoms with Crippen LogP contribution in [0.2, 0.25) is 0 Å². The summed E-state index contributed by atoms with van der Waals surface area (Å²) < 4.78 is 5.63. The predicted molar refractivity (Wildman–Crippen MR) is 69.7 cm³/mol. The van der Waals surface area contributed by atoms with Crippen molar-refractivity contribution in [2.24, 2.45) is 0 Å². The first-order chi connectivity index (χ1) is 9.22. The molecular weight excluding hydrogens is 244 g/mol. The van der Waals surface area contributed by atoms with Gasteiger partial charge >= 0.3 is 5.97 Å². The molecule has 0 saturated carbocycles. The fraction of sp³-hybridized carbons (Fsp3) is 0.0667. The van der Waals surface area contributed by atoms with Gasteiger partial charge in [-0.2, -0.15) is 0 Å². The van der Waals surface area contributed by atoms with Crippen LogP contribution in [0.4, 0.5) is 0 Å². The summed E-state index contributed by atoms with van der Waals surface area (Å²) in [6, 6.07) is 13.7. The van der Waals surface area contributed by atoms with Crippen LogP contribution < -0.4 is 4.74 Å².